The predicted octanol–water partition coefficient (Wildman–Crippen LogP) is 2.36. The third kappa shape index (κ3) is 3.45. The van der Waals surface area contributed by atoms with Gasteiger partial charge in [0.1, 0.15) is 16.6 Å². The van der Waals surface area contributed by atoms with Gasteiger partial charge in [-0.3, -0.25) is 0 Å². The fourth-order valence-electron chi connectivity index (χ4n) is 1.91. The molecule has 0 spiro atoms. The Bertz CT molecular complexity index is 616. The van der Waals surface area contributed by atoms with E-state index in [-0.39, 0.29) is 0 Å². The SMILES string of the molecule is COc1cccc(CN(C)c2cc(C(N)=S)ccn2)c1. The van der Waals surface area contributed by atoms with Crippen LogP contribution in [-0.2, 0) is 6.54 Å². The Hall–Kier alpha value is -2.14. The number of benzene rings is 1. The standard InChI is InChI=1S/C15H17N3OS/c1-18(10-11-4-3-5-13(8-11)19-2)14-9-12(15(16)20)6-7-17-14/h3-9H,10H2,1-2H3,(H2,16,20). The van der Waals surface area contributed by atoms with E-state index in [0.29, 0.717) is 4.99 Å². The average Bonchev–Trinajstić information content (AvgIpc) is 2.47. The molecule has 0 unspecified atom stereocenters. The summed E-state index contributed by atoms with van der Waals surface area (Å²) < 4.78 is 5.22. The minimum Gasteiger partial charge on any atom is -0.497 e. The maximum Gasteiger partial charge on any atom is 0.129 e. The van der Waals surface area contributed by atoms with Crippen LogP contribution < -0.4 is 15.4 Å². The van der Waals surface area contributed by atoms with Crippen LogP contribution in [0.1, 0.15) is 11.1 Å². The highest BCUT2D eigenvalue weighted by molar-refractivity contribution is 7.80. The summed E-state index contributed by atoms with van der Waals surface area (Å²) in [6.07, 6.45) is 1.71. The molecular formula is C15H17N3OS. The van der Waals surface area contributed by atoms with Gasteiger partial charge in [-0.2, -0.15) is 0 Å². The monoisotopic (exact) mass is 287 g/mol. The van der Waals surface area contributed by atoms with Gasteiger partial charge in [0.05, 0.1) is 7.11 Å². The molecule has 5 heteroatoms. The molecule has 2 rings (SSSR count). The highest BCUT2D eigenvalue weighted by Gasteiger charge is 2.06. The Kier molecular flexibility index (Phi) is 4.53. The van der Waals surface area contributed by atoms with Gasteiger partial charge in [-0.05, 0) is 29.8 Å². The highest BCUT2D eigenvalue weighted by atomic mass is 32.1. The molecular weight excluding hydrogens is 270 g/mol. The first-order valence-electron chi connectivity index (χ1n) is 6.20. The van der Waals surface area contributed by atoms with Crippen molar-refractivity contribution in [3.8, 4) is 5.75 Å². The topological polar surface area (TPSA) is 51.4 Å². The van der Waals surface area contributed by atoms with Gasteiger partial charge in [-0.25, -0.2) is 4.98 Å². The van der Waals surface area contributed by atoms with Crippen LogP contribution in [0.2, 0.25) is 0 Å². The van der Waals surface area contributed by atoms with Crippen LogP contribution in [0.3, 0.4) is 0 Å². The van der Waals surface area contributed by atoms with Crippen molar-refractivity contribution in [2.75, 3.05) is 19.1 Å². The maximum absolute atomic E-state index is 5.64. The number of nitrogens with two attached hydrogens (primary N) is 1. The molecule has 104 valence electrons. The Balaban J connectivity index is 2.16. The van der Waals surface area contributed by atoms with Crippen LogP contribution in [0.4, 0.5) is 5.82 Å². The molecule has 0 amide bonds. The third-order valence-corrected chi connectivity index (χ3v) is 3.21. The van der Waals surface area contributed by atoms with Gasteiger partial charge in [0.15, 0.2) is 0 Å². The quantitative estimate of drug-likeness (QED) is 0.856. The summed E-state index contributed by atoms with van der Waals surface area (Å²) >= 11 is 4.99. The van der Waals surface area contributed by atoms with Crippen molar-refractivity contribution in [1.29, 1.82) is 0 Å². The Labute approximate surface area is 124 Å². The largest absolute Gasteiger partial charge is 0.497 e. The normalized spacial score (nSPS) is 10.1. The van der Waals surface area contributed by atoms with E-state index in [1.165, 1.54) is 0 Å². The van der Waals surface area contributed by atoms with E-state index in [2.05, 4.69) is 11.1 Å². The number of ether oxygens (including phenoxy) is 1. The fourth-order valence-corrected chi connectivity index (χ4v) is 2.03. The molecule has 0 fully saturated rings. The van der Waals surface area contributed by atoms with Crippen LogP contribution >= 0.6 is 12.2 Å². The third-order valence-electron chi connectivity index (χ3n) is 2.98. The Morgan fingerprint density at radius 2 is 2.15 bits per heavy atom. The molecule has 0 aliphatic carbocycles. The van der Waals surface area contributed by atoms with E-state index in [9.17, 15) is 0 Å². The van der Waals surface area contributed by atoms with Crippen LogP contribution in [-0.4, -0.2) is 24.1 Å². The lowest BCUT2D eigenvalue weighted by Crippen LogP contribution is -2.19. The van der Waals surface area contributed by atoms with E-state index in [1.807, 2.05) is 42.3 Å². The second-order valence-electron chi connectivity index (χ2n) is 4.47. The van der Waals surface area contributed by atoms with Crippen LogP contribution in [0.15, 0.2) is 42.6 Å². The molecule has 1 aromatic heterocycles. The zero-order valence-corrected chi connectivity index (χ0v) is 12.4. The smallest absolute Gasteiger partial charge is 0.129 e. The molecule has 2 N–H and O–H groups in total. The maximum atomic E-state index is 5.64. The number of methoxy groups -OCH3 is 1. The number of aromatic nitrogens is 1. The lowest BCUT2D eigenvalue weighted by atomic mass is 10.2. The van der Waals surface area contributed by atoms with Crippen molar-refractivity contribution in [2.45, 2.75) is 6.54 Å². The molecule has 0 aliphatic rings. The summed E-state index contributed by atoms with van der Waals surface area (Å²) in [5.74, 6) is 1.68. The van der Waals surface area contributed by atoms with Crippen molar-refractivity contribution < 1.29 is 4.74 Å². The zero-order valence-electron chi connectivity index (χ0n) is 11.5. The summed E-state index contributed by atoms with van der Waals surface area (Å²) in [7, 11) is 3.64. The van der Waals surface area contributed by atoms with Crippen LogP contribution in [0.25, 0.3) is 0 Å². The van der Waals surface area contributed by atoms with E-state index in [4.69, 9.17) is 22.7 Å². The van der Waals surface area contributed by atoms with Gasteiger partial charge in [-0.1, -0.05) is 24.4 Å². The van der Waals surface area contributed by atoms with Crippen LogP contribution in [0.5, 0.6) is 5.75 Å². The van der Waals surface area contributed by atoms with E-state index >= 15 is 0 Å². The summed E-state index contributed by atoms with van der Waals surface area (Å²) in [5.41, 5.74) is 7.61. The molecule has 0 bridgehead atoms. The minimum absolute atomic E-state index is 0.378. The van der Waals surface area contributed by atoms with Crippen molar-refractivity contribution >= 4 is 23.0 Å². The Morgan fingerprint density at radius 3 is 2.85 bits per heavy atom. The number of hydrogen-bond acceptors (Lipinski definition) is 4. The molecule has 0 radical (unpaired) electrons. The van der Waals surface area contributed by atoms with Crippen molar-refractivity contribution in [2.24, 2.45) is 5.73 Å². The Morgan fingerprint density at radius 1 is 1.35 bits per heavy atom. The van der Waals surface area contributed by atoms with E-state index < -0.39 is 0 Å². The lowest BCUT2D eigenvalue weighted by Gasteiger charge is -2.19. The van der Waals surface area contributed by atoms with Gasteiger partial charge >= 0.3 is 0 Å². The first-order valence-corrected chi connectivity index (χ1v) is 6.61. The molecule has 1 aromatic carbocycles. The molecule has 0 atom stereocenters. The number of hydrogen-bond donors (Lipinski definition) is 1. The molecule has 20 heavy (non-hydrogen) atoms. The first-order chi connectivity index (χ1) is 9.60. The predicted molar refractivity (Wildman–Crippen MR) is 85.2 cm³/mol. The van der Waals surface area contributed by atoms with Crippen molar-refractivity contribution in [3.05, 3.63) is 53.7 Å². The fraction of sp³-hybridized carbons (Fsp3) is 0.200. The van der Waals surface area contributed by atoms with Gasteiger partial charge < -0.3 is 15.4 Å². The van der Waals surface area contributed by atoms with E-state index in [0.717, 1.165) is 29.2 Å². The number of nitrogens with zero attached hydrogens (tertiary/aromatic N) is 2. The second-order valence-corrected chi connectivity index (χ2v) is 4.91. The number of pyridine rings is 1. The number of anilines is 1. The number of thiocarbonyl (C=S) groups is 1. The van der Waals surface area contributed by atoms with Gasteiger partial charge in [0.2, 0.25) is 0 Å². The van der Waals surface area contributed by atoms with Crippen LogP contribution in [0, 0.1) is 0 Å². The first kappa shape index (κ1) is 14.3. The molecule has 0 saturated carbocycles. The minimum atomic E-state index is 0.378. The highest BCUT2D eigenvalue weighted by Crippen LogP contribution is 2.17. The lowest BCUT2D eigenvalue weighted by molar-refractivity contribution is 0.414. The summed E-state index contributed by atoms with van der Waals surface area (Å²) in [4.78, 5) is 6.76. The summed E-state index contributed by atoms with van der Waals surface area (Å²) in [6, 6.07) is 11.7. The molecule has 4 nitrogen and oxygen atoms in total. The second kappa shape index (κ2) is 6.34. The summed E-state index contributed by atoms with van der Waals surface area (Å²) in [5, 5.41) is 0. The molecule has 2 aromatic rings. The molecule has 0 saturated heterocycles. The van der Waals surface area contributed by atoms with E-state index in [1.54, 1.807) is 13.3 Å². The van der Waals surface area contributed by atoms with Gasteiger partial charge in [0, 0.05) is 25.4 Å². The molecule has 1 heterocycles. The van der Waals surface area contributed by atoms with Gasteiger partial charge in [-0.15, -0.1) is 0 Å². The van der Waals surface area contributed by atoms with Crippen molar-refractivity contribution in [1.82, 2.24) is 4.98 Å². The van der Waals surface area contributed by atoms with Crippen molar-refractivity contribution in [3.63, 3.8) is 0 Å². The number of rotatable bonds is 5. The zero-order chi connectivity index (χ0) is 14.5. The average molecular weight is 287 g/mol. The summed E-state index contributed by atoms with van der Waals surface area (Å²) in [6.45, 7) is 0.727. The molecule has 0 aliphatic heterocycles. The van der Waals surface area contributed by atoms with Gasteiger partial charge in [0.25, 0.3) is 0 Å².